The molecule has 0 saturated carbocycles. The number of amides is 1. The van der Waals surface area contributed by atoms with Gasteiger partial charge in [0.05, 0.1) is 6.61 Å². The highest BCUT2D eigenvalue weighted by Gasteiger charge is 2.34. The lowest BCUT2D eigenvalue weighted by Crippen LogP contribution is -2.51. The van der Waals surface area contributed by atoms with E-state index in [2.05, 4.69) is 13.8 Å². The second-order valence-electron chi connectivity index (χ2n) is 5.87. The fraction of sp³-hybridized carbons (Fsp3) is 0.867. The number of carbonyl (C=O) groups is 2. The Morgan fingerprint density at radius 2 is 2.14 bits per heavy atom. The molecule has 2 atom stereocenters. The quantitative estimate of drug-likeness (QED) is 0.721. The number of carbonyl (C=O) groups excluding carboxylic acids is 2. The first kappa shape index (κ1) is 18.3. The van der Waals surface area contributed by atoms with Crippen LogP contribution in [0.25, 0.3) is 0 Å². The minimum Gasteiger partial charge on any atom is -0.464 e. The first-order chi connectivity index (χ1) is 9.99. The molecule has 5 nitrogen and oxygen atoms in total. The maximum Gasteiger partial charge on any atom is 0.329 e. The van der Waals surface area contributed by atoms with Crippen molar-refractivity contribution in [2.24, 2.45) is 17.6 Å². The van der Waals surface area contributed by atoms with Crippen LogP contribution >= 0.6 is 11.8 Å². The van der Waals surface area contributed by atoms with Gasteiger partial charge in [0.1, 0.15) is 6.04 Å². The second-order valence-corrected chi connectivity index (χ2v) is 7.02. The van der Waals surface area contributed by atoms with Crippen molar-refractivity contribution in [2.75, 3.05) is 31.2 Å². The van der Waals surface area contributed by atoms with E-state index in [1.54, 1.807) is 23.6 Å². The molecule has 0 radical (unpaired) electrons. The smallest absolute Gasteiger partial charge is 0.329 e. The first-order valence-corrected chi connectivity index (χ1v) is 8.88. The highest BCUT2D eigenvalue weighted by molar-refractivity contribution is 7.99. The molecule has 1 rings (SSSR count). The number of rotatable bonds is 7. The van der Waals surface area contributed by atoms with E-state index in [0.29, 0.717) is 37.8 Å². The molecule has 1 heterocycles. The third-order valence-corrected chi connectivity index (χ3v) is 4.63. The molecule has 1 aliphatic rings. The lowest BCUT2D eigenvalue weighted by molar-refractivity contribution is -0.154. The summed E-state index contributed by atoms with van der Waals surface area (Å²) >= 11 is 1.69. The summed E-state index contributed by atoms with van der Waals surface area (Å²) < 4.78 is 5.09. The third kappa shape index (κ3) is 5.87. The highest BCUT2D eigenvalue weighted by atomic mass is 32.2. The normalized spacial score (nSPS) is 20.4. The van der Waals surface area contributed by atoms with Crippen LogP contribution in [-0.2, 0) is 14.3 Å². The van der Waals surface area contributed by atoms with E-state index in [9.17, 15) is 9.59 Å². The zero-order valence-electron chi connectivity index (χ0n) is 13.3. The van der Waals surface area contributed by atoms with Crippen LogP contribution in [0.2, 0.25) is 0 Å². The van der Waals surface area contributed by atoms with Crippen molar-refractivity contribution in [1.29, 1.82) is 0 Å². The van der Waals surface area contributed by atoms with Gasteiger partial charge in [-0.05, 0) is 31.7 Å². The molecule has 0 aliphatic carbocycles. The Labute approximate surface area is 132 Å². The molecule has 0 aromatic carbocycles. The Kier molecular flexibility index (Phi) is 8.11. The number of nitrogens with two attached hydrogens (primary N) is 1. The number of nitrogens with zero attached hydrogens (tertiary/aromatic N) is 1. The fourth-order valence-electron chi connectivity index (χ4n) is 2.63. The van der Waals surface area contributed by atoms with Gasteiger partial charge >= 0.3 is 5.97 Å². The molecule has 0 spiro atoms. The Bertz CT molecular complexity index is 350. The number of ether oxygens (including phenoxy) is 1. The summed E-state index contributed by atoms with van der Waals surface area (Å²) in [6, 6.07) is -0.436. The minimum absolute atomic E-state index is 0.0319. The predicted molar refractivity (Wildman–Crippen MR) is 86.1 cm³/mol. The van der Waals surface area contributed by atoms with Gasteiger partial charge in [-0.2, -0.15) is 11.8 Å². The van der Waals surface area contributed by atoms with Crippen LogP contribution in [-0.4, -0.2) is 54.0 Å². The van der Waals surface area contributed by atoms with Crippen LogP contribution < -0.4 is 5.73 Å². The van der Waals surface area contributed by atoms with Gasteiger partial charge in [0, 0.05) is 24.5 Å². The topological polar surface area (TPSA) is 72.6 Å². The summed E-state index contributed by atoms with van der Waals surface area (Å²) in [5, 5.41) is 0. The van der Waals surface area contributed by atoms with Gasteiger partial charge in [0.15, 0.2) is 0 Å². The predicted octanol–water partition coefficient (Wildman–Crippen LogP) is 1.50. The highest BCUT2D eigenvalue weighted by Crippen LogP contribution is 2.22. The summed E-state index contributed by atoms with van der Waals surface area (Å²) in [7, 11) is 0. The summed E-state index contributed by atoms with van der Waals surface area (Å²) in [6.45, 7) is 7.52. The van der Waals surface area contributed by atoms with E-state index in [1.165, 1.54) is 0 Å². The van der Waals surface area contributed by atoms with E-state index < -0.39 is 6.04 Å². The molecule has 122 valence electrons. The van der Waals surface area contributed by atoms with Crippen LogP contribution in [0.4, 0.5) is 0 Å². The van der Waals surface area contributed by atoms with Crippen LogP contribution in [0.5, 0.6) is 0 Å². The number of hydrogen-bond donors (Lipinski definition) is 1. The number of thioether (sulfide) groups is 1. The molecule has 6 heteroatoms. The molecular weight excluding hydrogens is 288 g/mol. The van der Waals surface area contributed by atoms with Crippen LogP contribution in [0.1, 0.15) is 33.6 Å². The van der Waals surface area contributed by atoms with E-state index in [-0.39, 0.29) is 17.8 Å². The molecule has 1 fully saturated rings. The average Bonchev–Trinajstić information content (AvgIpc) is 2.46. The van der Waals surface area contributed by atoms with Gasteiger partial charge in [-0.1, -0.05) is 13.8 Å². The molecule has 0 aromatic rings. The molecule has 0 aromatic heterocycles. The molecule has 21 heavy (non-hydrogen) atoms. The standard InChI is InChI=1S/C15H28N2O3S/c1-4-20-15(19)13-10-21-6-5-17(13)14(18)8-12(9-16)7-11(2)3/h11-13H,4-10,16H2,1-3H3/t12-,13?/m0/s1. The maximum absolute atomic E-state index is 12.5. The van der Waals surface area contributed by atoms with Crippen molar-refractivity contribution < 1.29 is 14.3 Å². The van der Waals surface area contributed by atoms with E-state index in [1.807, 2.05) is 0 Å². The summed E-state index contributed by atoms with van der Waals surface area (Å²) in [4.78, 5) is 26.2. The minimum atomic E-state index is -0.436. The van der Waals surface area contributed by atoms with Crippen molar-refractivity contribution in [2.45, 2.75) is 39.7 Å². The summed E-state index contributed by atoms with van der Waals surface area (Å²) in [5.74, 6) is 1.95. The van der Waals surface area contributed by atoms with E-state index in [0.717, 1.165) is 12.2 Å². The van der Waals surface area contributed by atoms with Gasteiger partial charge < -0.3 is 15.4 Å². The van der Waals surface area contributed by atoms with Crippen LogP contribution in [0.3, 0.4) is 0 Å². The SMILES string of the molecule is CCOC(=O)C1CSCCN1C(=O)C[C@@H](CN)CC(C)C. The maximum atomic E-state index is 12.5. The zero-order chi connectivity index (χ0) is 15.8. The van der Waals surface area contributed by atoms with Crippen molar-refractivity contribution in [1.82, 2.24) is 4.90 Å². The van der Waals surface area contributed by atoms with Gasteiger partial charge in [0.2, 0.25) is 5.91 Å². The average molecular weight is 316 g/mol. The van der Waals surface area contributed by atoms with E-state index >= 15 is 0 Å². The summed E-state index contributed by atoms with van der Waals surface area (Å²) in [5.41, 5.74) is 5.77. The van der Waals surface area contributed by atoms with Gasteiger partial charge in [-0.15, -0.1) is 0 Å². The third-order valence-electron chi connectivity index (χ3n) is 3.61. The van der Waals surface area contributed by atoms with Crippen LogP contribution in [0.15, 0.2) is 0 Å². The Morgan fingerprint density at radius 1 is 1.43 bits per heavy atom. The first-order valence-electron chi connectivity index (χ1n) is 7.73. The Balaban J connectivity index is 2.65. The van der Waals surface area contributed by atoms with Crippen molar-refractivity contribution in [3.8, 4) is 0 Å². The number of hydrogen-bond acceptors (Lipinski definition) is 5. The van der Waals surface area contributed by atoms with Crippen LogP contribution in [0, 0.1) is 11.8 Å². The molecule has 1 amide bonds. The Hall–Kier alpha value is -0.750. The van der Waals surface area contributed by atoms with Crippen molar-refractivity contribution in [3.63, 3.8) is 0 Å². The zero-order valence-corrected chi connectivity index (χ0v) is 14.2. The Morgan fingerprint density at radius 3 is 2.71 bits per heavy atom. The molecule has 0 bridgehead atoms. The molecule has 1 saturated heterocycles. The van der Waals surface area contributed by atoms with Gasteiger partial charge in [-0.25, -0.2) is 4.79 Å². The molecular formula is C15H28N2O3S. The number of esters is 1. The van der Waals surface area contributed by atoms with Crippen molar-refractivity contribution in [3.05, 3.63) is 0 Å². The van der Waals surface area contributed by atoms with Crippen molar-refractivity contribution >= 4 is 23.6 Å². The molecule has 2 N–H and O–H groups in total. The summed E-state index contributed by atoms with van der Waals surface area (Å²) in [6.07, 6.45) is 1.37. The monoisotopic (exact) mass is 316 g/mol. The fourth-order valence-corrected chi connectivity index (χ4v) is 3.66. The lowest BCUT2D eigenvalue weighted by Gasteiger charge is -2.34. The largest absolute Gasteiger partial charge is 0.464 e. The molecule has 1 unspecified atom stereocenters. The molecule has 1 aliphatic heterocycles. The lowest BCUT2D eigenvalue weighted by atomic mass is 9.93. The van der Waals surface area contributed by atoms with Gasteiger partial charge in [0.25, 0.3) is 0 Å². The second kappa shape index (κ2) is 9.30. The van der Waals surface area contributed by atoms with Gasteiger partial charge in [-0.3, -0.25) is 4.79 Å². The van der Waals surface area contributed by atoms with E-state index in [4.69, 9.17) is 10.5 Å².